The molecule has 0 unspecified atom stereocenters. The molecule has 0 radical (unpaired) electrons. The van der Waals surface area contributed by atoms with E-state index in [9.17, 15) is 0 Å². The Labute approximate surface area is 175 Å². The predicted molar refractivity (Wildman–Crippen MR) is 113 cm³/mol. The Balaban J connectivity index is 1.46. The summed E-state index contributed by atoms with van der Waals surface area (Å²) in [5.41, 5.74) is 4.47. The molecule has 0 fully saturated rings. The van der Waals surface area contributed by atoms with Crippen molar-refractivity contribution in [1.82, 2.24) is 10.3 Å². The van der Waals surface area contributed by atoms with Gasteiger partial charge >= 0.3 is 0 Å². The maximum absolute atomic E-state index is 5.76. The summed E-state index contributed by atoms with van der Waals surface area (Å²) >= 11 is 0. The zero-order valence-electron chi connectivity index (χ0n) is 19.0. The molecule has 0 amide bonds. The van der Waals surface area contributed by atoms with Gasteiger partial charge in [-0.25, -0.2) is 0 Å². The number of aromatic nitrogens is 2. The standard InChI is InChI=1S/C23H38N2O4/c1-18-20(16-28-24-18)22(3,4)10-7-12-26-14-9-15-27-13-8-11-23(5,6)21-17-29-25-19(21)2/h16-17H,7-15H2,1-6H3. The second kappa shape index (κ2) is 10.9. The maximum Gasteiger partial charge on any atom is 0.127 e. The minimum Gasteiger partial charge on any atom is -0.381 e. The lowest BCUT2D eigenvalue weighted by molar-refractivity contribution is 0.0768. The monoisotopic (exact) mass is 406 g/mol. The highest BCUT2D eigenvalue weighted by atomic mass is 16.5. The van der Waals surface area contributed by atoms with E-state index in [-0.39, 0.29) is 10.8 Å². The minimum atomic E-state index is 0.0649. The smallest absolute Gasteiger partial charge is 0.127 e. The molecule has 0 aromatic carbocycles. The van der Waals surface area contributed by atoms with Crippen molar-refractivity contribution in [3.8, 4) is 0 Å². The summed E-state index contributed by atoms with van der Waals surface area (Å²) in [6.07, 6.45) is 8.61. The molecule has 2 heterocycles. The molecular formula is C23H38N2O4. The lowest BCUT2D eigenvalue weighted by atomic mass is 9.81. The maximum atomic E-state index is 5.76. The summed E-state index contributed by atoms with van der Waals surface area (Å²) in [7, 11) is 0. The normalized spacial score (nSPS) is 12.6. The highest BCUT2D eigenvalue weighted by Crippen LogP contribution is 2.31. The summed E-state index contributed by atoms with van der Waals surface area (Å²) in [4.78, 5) is 0. The van der Waals surface area contributed by atoms with Gasteiger partial charge in [0.05, 0.1) is 11.4 Å². The fraction of sp³-hybridized carbons (Fsp3) is 0.739. The van der Waals surface area contributed by atoms with Crippen LogP contribution in [0.3, 0.4) is 0 Å². The zero-order valence-corrected chi connectivity index (χ0v) is 19.0. The van der Waals surface area contributed by atoms with Crippen LogP contribution in [0.2, 0.25) is 0 Å². The molecule has 29 heavy (non-hydrogen) atoms. The van der Waals surface area contributed by atoms with E-state index in [1.165, 1.54) is 11.1 Å². The molecule has 2 aromatic rings. The van der Waals surface area contributed by atoms with Crippen LogP contribution in [0, 0.1) is 13.8 Å². The summed E-state index contributed by atoms with van der Waals surface area (Å²) < 4.78 is 21.7. The lowest BCUT2D eigenvalue weighted by Gasteiger charge is -2.23. The lowest BCUT2D eigenvalue weighted by Crippen LogP contribution is -2.18. The van der Waals surface area contributed by atoms with Crippen LogP contribution in [0.4, 0.5) is 0 Å². The SMILES string of the molecule is Cc1nocc1C(C)(C)CCCOCCCOCCCC(C)(C)c1conc1C. The molecule has 0 saturated carbocycles. The molecule has 0 saturated heterocycles. The van der Waals surface area contributed by atoms with E-state index in [1.807, 2.05) is 13.8 Å². The number of nitrogens with zero attached hydrogens (tertiary/aromatic N) is 2. The van der Waals surface area contributed by atoms with E-state index < -0.39 is 0 Å². The van der Waals surface area contributed by atoms with Crippen molar-refractivity contribution in [1.29, 1.82) is 0 Å². The molecule has 0 bridgehead atoms. The van der Waals surface area contributed by atoms with Crippen LogP contribution in [0.1, 0.15) is 82.3 Å². The van der Waals surface area contributed by atoms with Gasteiger partial charge in [0, 0.05) is 37.6 Å². The van der Waals surface area contributed by atoms with E-state index in [0.717, 1.165) is 69.9 Å². The number of rotatable bonds is 14. The van der Waals surface area contributed by atoms with Crippen LogP contribution in [-0.2, 0) is 20.3 Å². The van der Waals surface area contributed by atoms with Gasteiger partial charge < -0.3 is 18.5 Å². The summed E-state index contributed by atoms with van der Waals surface area (Å²) in [5, 5.41) is 7.97. The average molecular weight is 407 g/mol. The Morgan fingerprint density at radius 1 is 0.690 bits per heavy atom. The van der Waals surface area contributed by atoms with Gasteiger partial charge in [0.1, 0.15) is 12.5 Å². The van der Waals surface area contributed by atoms with E-state index in [0.29, 0.717) is 0 Å². The quantitative estimate of drug-likeness (QED) is 0.385. The Bertz CT molecular complexity index is 658. The Hall–Kier alpha value is -1.66. The summed E-state index contributed by atoms with van der Waals surface area (Å²) in [6.45, 7) is 16.0. The predicted octanol–water partition coefficient (Wildman–Crippen LogP) is 5.52. The fourth-order valence-electron chi connectivity index (χ4n) is 3.85. The molecular weight excluding hydrogens is 368 g/mol. The molecule has 164 valence electrons. The highest BCUT2D eigenvalue weighted by Gasteiger charge is 2.25. The Kier molecular flexibility index (Phi) is 8.90. The summed E-state index contributed by atoms with van der Waals surface area (Å²) in [6, 6.07) is 0. The first-order valence-electron chi connectivity index (χ1n) is 10.7. The molecule has 6 heteroatoms. The van der Waals surface area contributed by atoms with E-state index >= 15 is 0 Å². The third kappa shape index (κ3) is 7.27. The molecule has 0 atom stereocenters. The van der Waals surface area contributed by atoms with Gasteiger partial charge in [-0.3, -0.25) is 0 Å². The van der Waals surface area contributed by atoms with Gasteiger partial charge in [-0.1, -0.05) is 38.0 Å². The molecule has 0 N–H and O–H groups in total. The van der Waals surface area contributed by atoms with E-state index in [4.69, 9.17) is 18.5 Å². The van der Waals surface area contributed by atoms with Crippen molar-refractivity contribution in [2.75, 3.05) is 26.4 Å². The zero-order chi connectivity index (χ0) is 21.3. The van der Waals surface area contributed by atoms with Gasteiger partial charge in [0.2, 0.25) is 0 Å². The van der Waals surface area contributed by atoms with Crippen LogP contribution < -0.4 is 0 Å². The molecule has 0 spiro atoms. The molecule has 0 aliphatic carbocycles. The Morgan fingerprint density at radius 3 is 1.41 bits per heavy atom. The van der Waals surface area contributed by atoms with Crippen molar-refractivity contribution >= 4 is 0 Å². The highest BCUT2D eigenvalue weighted by molar-refractivity contribution is 5.23. The van der Waals surface area contributed by atoms with Crippen molar-refractivity contribution in [2.24, 2.45) is 0 Å². The van der Waals surface area contributed by atoms with Crippen LogP contribution in [0.5, 0.6) is 0 Å². The molecule has 2 aromatic heterocycles. The third-order valence-corrected chi connectivity index (χ3v) is 5.72. The molecule has 2 rings (SSSR count). The van der Waals surface area contributed by atoms with Crippen molar-refractivity contribution in [2.45, 2.75) is 84.5 Å². The first-order valence-corrected chi connectivity index (χ1v) is 10.7. The number of aryl methyl sites for hydroxylation is 2. The van der Waals surface area contributed by atoms with Gasteiger partial charge in [0.25, 0.3) is 0 Å². The van der Waals surface area contributed by atoms with Crippen molar-refractivity contribution in [3.05, 3.63) is 35.0 Å². The first kappa shape index (κ1) is 23.6. The van der Waals surface area contributed by atoms with Gasteiger partial charge in [0.15, 0.2) is 0 Å². The van der Waals surface area contributed by atoms with E-state index in [2.05, 4.69) is 38.0 Å². The van der Waals surface area contributed by atoms with Crippen molar-refractivity contribution in [3.63, 3.8) is 0 Å². The van der Waals surface area contributed by atoms with E-state index in [1.54, 1.807) is 12.5 Å². The first-order chi connectivity index (χ1) is 13.7. The second-order valence-electron chi connectivity index (χ2n) is 9.18. The van der Waals surface area contributed by atoms with Crippen LogP contribution in [-0.4, -0.2) is 36.7 Å². The number of hydrogen-bond donors (Lipinski definition) is 0. The largest absolute Gasteiger partial charge is 0.381 e. The van der Waals surface area contributed by atoms with Gasteiger partial charge in [-0.15, -0.1) is 0 Å². The average Bonchev–Trinajstić information content (AvgIpc) is 3.28. The van der Waals surface area contributed by atoms with Gasteiger partial charge in [-0.2, -0.15) is 0 Å². The van der Waals surface area contributed by atoms with Crippen LogP contribution in [0.15, 0.2) is 21.6 Å². The van der Waals surface area contributed by atoms with Crippen LogP contribution in [0.25, 0.3) is 0 Å². The molecule has 6 nitrogen and oxygen atoms in total. The number of ether oxygens (including phenoxy) is 2. The van der Waals surface area contributed by atoms with Gasteiger partial charge in [-0.05, 0) is 56.8 Å². The topological polar surface area (TPSA) is 70.5 Å². The number of hydrogen-bond acceptors (Lipinski definition) is 6. The second-order valence-corrected chi connectivity index (χ2v) is 9.18. The minimum absolute atomic E-state index is 0.0649. The van der Waals surface area contributed by atoms with Crippen molar-refractivity contribution < 1.29 is 18.5 Å². The molecule has 0 aliphatic rings. The fourth-order valence-corrected chi connectivity index (χ4v) is 3.85. The van der Waals surface area contributed by atoms with Crippen LogP contribution >= 0.6 is 0 Å². The Morgan fingerprint density at radius 2 is 1.07 bits per heavy atom. The third-order valence-electron chi connectivity index (χ3n) is 5.72. The molecule has 0 aliphatic heterocycles. The summed E-state index contributed by atoms with van der Waals surface area (Å²) in [5.74, 6) is 0.